The summed E-state index contributed by atoms with van der Waals surface area (Å²) in [7, 11) is 0. The summed E-state index contributed by atoms with van der Waals surface area (Å²) in [6, 6.07) is 1.77. The molecule has 2 heterocycles. The van der Waals surface area contributed by atoms with Gasteiger partial charge in [0.05, 0.1) is 21.8 Å². The zero-order valence-corrected chi connectivity index (χ0v) is 9.96. The number of hydrogen-bond donors (Lipinski definition) is 1. The molecular weight excluding hydrogens is 234 g/mol. The fraction of sp³-hybridized carbons (Fsp3) is 0.300. The predicted molar refractivity (Wildman–Crippen MR) is 61.9 cm³/mol. The third-order valence-corrected chi connectivity index (χ3v) is 3.71. The number of halogens is 1. The Bertz CT molecular complexity index is 515. The number of aromatic amines is 1. The summed E-state index contributed by atoms with van der Waals surface area (Å²) >= 11 is 7.63. The van der Waals surface area contributed by atoms with Crippen LogP contribution in [0.2, 0.25) is 5.02 Å². The largest absolute Gasteiger partial charge is 0.461 e. The summed E-state index contributed by atoms with van der Waals surface area (Å²) in [6.07, 6.45) is 0. The first-order chi connectivity index (χ1) is 7.13. The van der Waals surface area contributed by atoms with Crippen molar-refractivity contribution in [3.05, 3.63) is 21.7 Å². The summed E-state index contributed by atoms with van der Waals surface area (Å²) in [4.78, 5) is 15.4. The quantitative estimate of drug-likeness (QED) is 0.822. The van der Waals surface area contributed by atoms with Crippen LogP contribution in [-0.4, -0.2) is 17.6 Å². The standard InChI is InChI=1S/C10H10ClNO2S/c1-3-14-10(13)6-4-7-9(12-6)8(11)5(2)15-7/h4,12H,3H2,1-2H3. The van der Waals surface area contributed by atoms with Crippen molar-refractivity contribution in [3.63, 3.8) is 0 Å². The fourth-order valence-electron chi connectivity index (χ4n) is 1.38. The maximum atomic E-state index is 11.4. The number of aryl methyl sites for hydroxylation is 1. The lowest BCUT2D eigenvalue weighted by molar-refractivity contribution is 0.0520. The molecule has 0 fully saturated rings. The molecule has 0 amide bonds. The van der Waals surface area contributed by atoms with Gasteiger partial charge in [-0.25, -0.2) is 4.79 Å². The van der Waals surface area contributed by atoms with Crippen molar-refractivity contribution in [3.8, 4) is 0 Å². The summed E-state index contributed by atoms with van der Waals surface area (Å²) in [5, 5.41) is 0.686. The number of rotatable bonds is 2. The average molecular weight is 244 g/mol. The highest BCUT2D eigenvalue weighted by Crippen LogP contribution is 2.34. The van der Waals surface area contributed by atoms with Crippen molar-refractivity contribution >= 4 is 39.1 Å². The molecule has 0 saturated heterocycles. The van der Waals surface area contributed by atoms with Crippen LogP contribution in [0.15, 0.2) is 6.07 Å². The van der Waals surface area contributed by atoms with E-state index < -0.39 is 0 Å². The molecule has 3 nitrogen and oxygen atoms in total. The molecule has 0 aliphatic heterocycles. The van der Waals surface area contributed by atoms with Gasteiger partial charge in [-0.1, -0.05) is 11.6 Å². The number of esters is 1. The Morgan fingerprint density at radius 1 is 1.67 bits per heavy atom. The molecule has 2 aromatic heterocycles. The highest BCUT2D eigenvalue weighted by Gasteiger charge is 2.15. The molecule has 0 aromatic carbocycles. The molecule has 0 radical (unpaired) electrons. The Balaban J connectivity index is 2.44. The van der Waals surface area contributed by atoms with E-state index in [9.17, 15) is 4.79 Å². The SMILES string of the molecule is CCOC(=O)c1cc2sc(C)c(Cl)c2[nH]1. The molecule has 0 aliphatic rings. The molecule has 80 valence electrons. The van der Waals surface area contributed by atoms with E-state index in [1.807, 2.05) is 6.92 Å². The molecular formula is C10H10ClNO2S. The van der Waals surface area contributed by atoms with Gasteiger partial charge in [0.1, 0.15) is 5.69 Å². The monoisotopic (exact) mass is 243 g/mol. The lowest BCUT2D eigenvalue weighted by Crippen LogP contribution is -2.04. The fourth-order valence-corrected chi connectivity index (χ4v) is 2.66. The van der Waals surface area contributed by atoms with Gasteiger partial charge in [0.25, 0.3) is 0 Å². The molecule has 0 bridgehead atoms. The van der Waals surface area contributed by atoms with Crippen molar-refractivity contribution < 1.29 is 9.53 Å². The lowest BCUT2D eigenvalue weighted by Gasteiger charge is -1.97. The minimum absolute atomic E-state index is 0.338. The van der Waals surface area contributed by atoms with Gasteiger partial charge in [-0.15, -0.1) is 11.3 Å². The topological polar surface area (TPSA) is 42.1 Å². The first-order valence-corrected chi connectivity index (χ1v) is 5.77. The number of fused-ring (bicyclic) bond motifs is 1. The van der Waals surface area contributed by atoms with Crippen molar-refractivity contribution in [1.29, 1.82) is 0 Å². The van der Waals surface area contributed by atoms with Gasteiger partial charge in [0.15, 0.2) is 0 Å². The first kappa shape index (κ1) is 10.5. The van der Waals surface area contributed by atoms with E-state index in [0.29, 0.717) is 17.3 Å². The molecule has 0 atom stereocenters. The first-order valence-electron chi connectivity index (χ1n) is 4.58. The van der Waals surface area contributed by atoms with Crippen LogP contribution in [0.25, 0.3) is 10.2 Å². The third-order valence-electron chi connectivity index (χ3n) is 2.07. The molecule has 0 unspecified atom stereocenters. The van der Waals surface area contributed by atoms with E-state index >= 15 is 0 Å². The van der Waals surface area contributed by atoms with Crippen LogP contribution in [0.4, 0.5) is 0 Å². The van der Waals surface area contributed by atoms with Gasteiger partial charge in [-0.3, -0.25) is 0 Å². The van der Waals surface area contributed by atoms with E-state index in [-0.39, 0.29) is 5.97 Å². The van der Waals surface area contributed by atoms with E-state index in [1.165, 1.54) is 0 Å². The van der Waals surface area contributed by atoms with E-state index in [1.54, 1.807) is 24.3 Å². The summed E-state index contributed by atoms with van der Waals surface area (Å²) in [5.74, 6) is -0.338. The second-order valence-electron chi connectivity index (χ2n) is 3.11. The van der Waals surface area contributed by atoms with Crippen LogP contribution in [0.5, 0.6) is 0 Å². The van der Waals surface area contributed by atoms with Crippen LogP contribution in [0, 0.1) is 6.92 Å². The maximum absolute atomic E-state index is 11.4. The van der Waals surface area contributed by atoms with Gasteiger partial charge >= 0.3 is 5.97 Å². The molecule has 0 aliphatic carbocycles. The lowest BCUT2D eigenvalue weighted by atomic mass is 10.4. The number of carbonyl (C=O) groups is 1. The molecule has 1 N–H and O–H groups in total. The minimum Gasteiger partial charge on any atom is -0.461 e. The predicted octanol–water partition coefficient (Wildman–Crippen LogP) is 3.37. The normalized spacial score (nSPS) is 10.9. The van der Waals surface area contributed by atoms with E-state index in [4.69, 9.17) is 16.3 Å². The number of hydrogen-bond acceptors (Lipinski definition) is 3. The zero-order chi connectivity index (χ0) is 11.0. The summed E-state index contributed by atoms with van der Waals surface area (Å²) in [5.41, 5.74) is 1.28. The van der Waals surface area contributed by atoms with Crippen molar-refractivity contribution in [2.24, 2.45) is 0 Å². The van der Waals surface area contributed by atoms with Gasteiger partial charge in [0.2, 0.25) is 0 Å². The van der Waals surface area contributed by atoms with Crippen LogP contribution in [0.1, 0.15) is 22.3 Å². The van der Waals surface area contributed by atoms with Gasteiger partial charge in [-0.05, 0) is 19.9 Å². The van der Waals surface area contributed by atoms with E-state index in [2.05, 4.69) is 4.98 Å². The molecule has 2 aromatic rings. The van der Waals surface area contributed by atoms with Crippen LogP contribution in [0.3, 0.4) is 0 Å². The maximum Gasteiger partial charge on any atom is 0.354 e. The Hall–Kier alpha value is -1.00. The minimum atomic E-state index is -0.338. The van der Waals surface area contributed by atoms with Crippen molar-refractivity contribution in [2.45, 2.75) is 13.8 Å². The molecule has 15 heavy (non-hydrogen) atoms. The molecule has 5 heteroatoms. The van der Waals surface area contributed by atoms with Crippen LogP contribution in [-0.2, 0) is 4.74 Å². The Morgan fingerprint density at radius 2 is 2.40 bits per heavy atom. The smallest absolute Gasteiger partial charge is 0.354 e. The van der Waals surface area contributed by atoms with Crippen LogP contribution >= 0.6 is 22.9 Å². The number of ether oxygens (including phenoxy) is 1. The highest BCUT2D eigenvalue weighted by molar-refractivity contribution is 7.19. The number of nitrogens with one attached hydrogen (secondary N) is 1. The van der Waals surface area contributed by atoms with Crippen molar-refractivity contribution in [1.82, 2.24) is 4.98 Å². The van der Waals surface area contributed by atoms with Crippen LogP contribution < -0.4 is 0 Å². The van der Waals surface area contributed by atoms with Gasteiger partial charge < -0.3 is 9.72 Å². The Morgan fingerprint density at radius 3 is 3.00 bits per heavy atom. The Kier molecular flexibility index (Phi) is 2.71. The third kappa shape index (κ3) is 1.75. The second-order valence-corrected chi connectivity index (χ2v) is 4.75. The second kappa shape index (κ2) is 3.87. The number of carbonyl (C=O) groups excluding carboxylic acids is 1. The van der Waals surface area contributed by atoms with Crippen molar-refractivity contribution in [2.75, 3.05) is 6.61 Å². The number of H-pyrrole nitrogens is 1. The number of aromatic nitrogens is 1. The zero-order valence-electron chi connectivity index (χ0n) is 8.39. The summed E-state index contributed by atoms with van der Waals surface area (Å²) < 4.78 is 5.87. The van der Waals surface area contributed by atoms with Gasteiger partial charge in [-0.2, -0.15) is 0 Å². The number of thiophene rings is 1. The highest BCUT2D eigenvalue weighted by atomic mass is 35.5. The average Bonchev–Trinajstić information content (AvgIpc) is 2.70. The molecule has 0 spiro atoms. The molecule has 2 rings (SSSR count). The van der Waals surface area contributed by atoms with E-state index in [0.717, 1.165) is 15.1 Å². The molecule has 0 saturated carbocycles. The Labute approximate surface area is 96.0 Å². The summed E-state index contributed by atoms with van der Waals surface area (Å²) in [6.45, 7) is 4.10. The van der Waals surface area contributed by atoms with Gasteiger partial charge in [0, 0.05) is 4.88 Å².